The SMILES string of the molecule is OC1c2ccccc2C=CC1c1cccc(Cl)c1. The lowest BCUT2D eigenvalue weighted by Gasteiger charge is -2.26. The first kappa shape index (κ1) is 11.5. The number of hydrogen-bond donors (Lipinski definition) is 1. The summed E-state index contributed by atoms with van der Waals surface area (Å²) in [6, 6.07) is 15.6. The van der Waals surface area contributed by atoms with Crippen LogP contribution in [0.3, 0.4) is 0 Å². The number of hydrogen-bond acceptors (Lipinski definition) is 1. The van der Waals surface area contributed by atoms with Crippen molar-refractivity contribution >= 4 is 17.7 Å². The van der Waals surface area contributed by atoms with Gasteiger partial charge in [-0.05, 0) is 28.8 Å². The Bertz CT molecular complexity index is 604. The maximum absolute atomic E-state index is 10.5. The lowest BCUT2D eigenvalue weighted by molar-refractivity contribution is 0.160. The minimum absolute atomic E-state index is 0.0291. The van der Waals surface area contributed by atoms with Crippen molar-refractivity contribution in [3.63, 3.8) is 0 Å². The van der Waals surface area contributed by atoms with Crippen LogP contribution in [-0.2, 0) is 0 Å². The van der Waals surface area contributed by atoms with Crippen molar-refractivity contribution in [2.75, 3.05) is 0 Å². The van der Waals surface area contributed by atoms with Crippen LogP contribution in [0.5, 0.6) is 0 Å². The summed E-state index contributed by atoms with van der Waals surface area (Å²) in [6.07, 6.45) is 3.59. The Morgan fingerprint density at radius 3 is 2.67 bits per heavy atom. The molecule has 0 fully saturated rings. The minimum atomic E-state index is -0.510. The van der Waals surface area contributed by atoms with Crippen molar-refractivity contribution in [2.24, 2.45) is 0 Å². The van der Waals surface area contributed by atoms with Gasteiger partial charge in [-0.25, -0.2) is 0 Å². The highest BCUT2D eigenvalue weighted by Crippen LogP contribution is 2.38. The van der Waals surface area contributed by atoms with Gasteiger partial charge in [0.25, 0.3) is 0 Å². The Morgan fingerprint density at radius 2 is 1.83 bits per heavy atom. The van der Waals surface area contributed by atoms with Crippen LogP contribution in [0.1, 0.15) is 28.7 Å². The second-order valence-corrected chi connectivity index (χ2v) is 4.95. The topological polar surface area (TPSA) is 20.2 Å². The van der Waals surface area contributed by atoms with Crippen molar-refractivity contribution < 1.29 is 5.11 Å². The van der Waals surface area contributed by atoms with Gasteiger partial charge in [0.1, 0.15) is 0 Å². The van der Waals surface area contributed by atoms with Crippen molar-refractivity contribution in [2.45, 2.75) is 12.0 Å². The highest BCUT2D eigenvalue weighted by molar-refractivity contribution is 6.30. The van der Waals surface area contributed by atoms with E-state index in [2.05, 4.69) is 6.08 Å². The molecule has 0 spiro atoms. The van der Waals surface area contributed by atoms with E-state index in [0.29, 0.717) is 5.02 Å². The van der Waals surface area contributed by atoms with Crippen molar-refractivity contribution in [3.8, 4) is 0 Å². The first-order valence-corrected chi connectivity index (χ1v) is 6.34. The number of halogens is 1. The highest BCUT2D eigenvalue weighted by atomic mass is 35.5. The third kappa shape index (κ3) is 1.96. The molecule has 0 saturated heterocycles. The maximum atomic E-state index is 10.5. The lowest BCUT2D eigenvalue weighted by atomic mass is 9.83. The van der Waals surface area contributed by atoms with Gasteiger partial charge in [0.2, 0.25) is 0 Å². The fourth-order valence-electron chi connectivity index (χ4n) is 2.45. The molecule has 0 aromatic heterocycles. The normalized spacial score (nSPS) is 21.7. The summed E-state index contributed by atoms with van der Waals surface area (Å²) in [5, 5.41) is 11.2. The zero-order chi connectivity index (χ0) is 12.5. The van der Waals surface area contributed by atoms with Crippen LogP contribution in [0.25, 0.3) is 6.08 Å². The molecule has 1 aliphatic carbocycles. The second kappa shape index (κ2) is 4.60. The van der Waals surface area contributed by atoms with E-state index in [0.717, 1.165) is 16.7 Å². The molecule has 2 heteroatoms. The molecule has 0 heterocycles. The fourth-order valence-corrected chi connectivity index (χ4v) is 2.64. The van der Waals surface area contributed by atoms with E-state index >= 15 is 0 Å². The summed E-state index contributed by atoms with van der Waals surface area (Å²) in [5.41, 5.74) is 3.11. The molecule has 2 atom stereocenters. The molecule has 0 saturated carbocycles. The molecule has 1 aliphatic rings. The molecule has 0 bridgehead atoms. The molecule has 2 aromatic rings. The van der Waals surface area contributed by atoms with E-state index in [9.17, 15) is 5.11 Å². The van der Waals surface area contributed by atoms with E-state index in [1.807, 2.05) is 54.6 Å². The average Bonchev–Trinajstić information content (AvgIpc) is 2.39. The molecule has 1 N–H and O–H groups in total. The number of fused-ring (bicyclic) bond motifs is 1. The zero-order valence-electron chi connectivity index (χ0n) is 9.75. The van der Waals surface area contributed by atoms with Crippen molar-refractivity contribution in [1.29, 1.82) is 0 Å². The predicted molar refractivity (Wildman–Crippen MR) is 74.6 cm³/mol. The van der Waals surface area contributed by atoms with Gasteiger partial charge < -0.3 is 5.11 Å². The molecule has 18 heavy (non-hydrogen) atoms. The number of rotatable bonds is 1. The van der Waals surface area contributed by atoms with Gasteiger partial charge in [0.05, 0.1) is 6.10 Å². The molecule has 0 radical (unpaired) electrons. The lowest BCUT2D eigenvalue weighted by Crippen LogP contribution is -2.13. The Kier molecular flexibility index (Phi) is 2.94. The predicted octanol–water partition coefficient (Wildman–Crippen LogP) is 4.18. The van der Waals surface area contributed by atoms with Crippen LogP contribution in [0, 0.1) is 0 Å². The Labute approximate surface area is 111 Å². The minimum Gasteiger partial charge on any atom is -0.387 e. The monoisotopic (exact) mass is 256 g/mol. The Balaban J connectivity index is 2.03. The van der Waals surface area contributed by atoms with Crippen LogP contribution < -0.4 is 0 Å². The van der Waals surface area contributed by atoms with E-state index in [4.69, 9.17) is 11.6 Å². The number of aliphatic hydroxyl groups excluding tert-OH is 1. The van der Waals surface area contributed by atoms with Gasteiger partial charge in [-0.2, -0.15) is 0 Å². The van der Waals surface area contributed by atoms with Gasteiger partial charge in [0, 0.05) is 10.9 Å². The van der Waals surface area contributed by atoms with Crippen LogP contribution in [0.4, 0.5) is 0 Å². The zero-order valence-corrected chi connectivity index (χ0v) is 10.5. The summed E-state index contributed by atoms with van der Waals surface area (Å²) < 4.78 is 0. The molecule has 2 aromatic carbocycles. The first-order valence-electron chi connectivity index (χ1n) is 5.96. The smallest absolute Gasteiger partial charge is 0.0899 e. The maximum Gasteiger partial charge on any atom is 0.0899 e. The molecule has 0 aliphatic heterocycles. The highest BCUT2D eigenvalue weighted by Gasteiger charge is 2.25. The molecule has 2 unspecified atom stereocenters. The second-order valence-electron chi connectivity index (χ2n) is 4.51. The van der Waals surface area contributed by atoms with E-state index in [-0.39, 0.29) is 5.92 Å². The fraction of sp³-hybridized carbons (Fsp3) is 0.125. The third-order valence-corrected chi connectivity index (χ3v) is 3.61. The largest absolute Gasteiger partial charge is 0.387 e. The quantitative estimate of drug-likeness (QED) is 0.811. The van der Waals surface area contributed by atoms with Gasteiger partial charge >= 0.3 is 0 Å². The summed E-state index contributed by atoms with van der Waals surface area (Å²) in [4.78, 5) is 0. The van der Waals surface area contributed by atoms with Crippen LogP contribution in [0.2, 0.25) is 5.02 Å². The average molecular weight is 257 g/mol. The standard InChI is InChI=1S/C16H13ClO/c17-13-6-3-5-12(10-13)15-9-8-11-4-1-2-7-14(11)16(15)18/h1-10,15-16,18H. The van der Waals surface area contributed by atoms with Gasteiger partial charge in [-0.1, -0.05) is 60.2 Å². The molecular weight excluding hydrogens is 244 g/mol. The number of benzene rings is 2. The molecule has 90 valence electrons. The summed E-state index contributed by atoms with van der Waals surface area (Å²) in [7, 11) is 0. The molecule has 3 rings (SSSR count). The summed E-state index contributed by atoms with van der Waals surface area (Å²) >= 11 is 6.01. The summed E-state index contributed by atoms with van der Waals surface area (Å²) in [6.45, 7) is 0. The number of aliphatic hydroxyl groups is 1. The van der Waals surface area contributed by atoms with Crippen LogP contribution in [-0.4, -0.2) is 5.11 Å². The Hall–Kier alpha value is -1.57. The van der Waals surface area contributed by atoms with E-state index in [1.165, 1.54) is 0 Å². The first-order chi connectivity index (χ1) is 8.75. The van der Waals surface area contributed by atoms with Gasteiger partial charge in [-0.3, -0.25) is 0 Å². The molecule has 1 nitrogen and oxygen atoms in total. The van der Waals surface area contributed by atoms with Crippen LogP contribution in [0.15, 0.2) is 54.6 Å². The Morgan fingerprint density at radius 1 is 1.00 bits per heavy atom. The van der Waals surface area contributed by atoms with Gasteiger partial charge in [-0.15, -0.1) is 0 Å². The van der Waals surface area contributed by atoms with Crippen molar-refractivity contribution in [1.82, 2.24) is 0 Å². The van der Waals surface area contributed by atoms with E-state index in [1.54, 1.807) is 0 Å². The van der Waals surface area contributed by atoms with Crippen molar-refractivity contribution in [3.05, 3.63) is 76.3 Å². The van der Waals surface area contributed by atoms with Crippen LogP contribution >= 0.6 is 11.6 Å². The molecule has 0 amide bonds. The van der Waals surface area contributed by atoms with Gasteiger partial charge in [0.15, 0.2) is 0 Å². The summed E-state index contributed by atoms with van der Waals surface area (Å²) in [5.74, 6) is -0.0291. The molecular formula is C16H13ClO. The van der Waals surface area contributed by atoms with E-state index < -0.39 is 6.10 Å². The third-order valence-electron chi connectivity index (χ3n) is 3.37.